The second kappa shape index (κ2) is 10.0. The van der Waals surface area contributed by atoms with Crippen LogP contribution in [0.1, 0.15) is 50.3 Å². The van der Waals surface area contributed by atoms with Crippen LogP contribution in [-0.2, 0) is 23.7 Å². The summed E-state index contributed by atoms with van der Waals surface area (Å²) in [6.07, 6.45) is 0.130. The summed E-state index contributed by atoms with van der Waals surface area (Å²) in [4.78, 5) is 26.0. The molecule has 0 saturated carbocycles. The van der Waals surface area contributed by atoms with Crippen molar-refractivity contribution < 1.29 is 28.1 Å². The van der Waals surface area contributed by atoms with E-state index in [9.17, 15) is 9.59 Å². The molecule has 170 valence electrons. The third-order valence-corrected chi connectivity index (χ3v) is 5.66. The molecule has 0 aliphatic carbocycles. The lowest BCUT2D eigenvalue weighted by molar-refractivity contribution is -0.220. The Morgan fingerprint density at radius 3 is 2.52 bits per heavy atom. The lowest BCUT2D eigenvalue weighted by atomic mass is 10.1. The van der Waals surface area contributed by atoms with E-state index in [-0.39, 0.29) is 12.2 Å². The van der Waals surface area contributed by atoms with Gasteiger partial charge in [0.25, 0.3) is 5.56 Å². The van der Waals surface area contributed by atoms with Crippen LogP contribution in [0.25, 0.3) is 0 Å². The van der Waals surface area contributed by atoms with Crippen LogP contribution in [0.2, 0.25) is 0 Å². The number of halogens is 1. The summed E-state index contributed by atoms with van der Waals surface area (Å²) in [6.45, 7) is 1.13. The molecular weight excluding hydrogens is 413 g/mol. The molecule has 31 heavy (non-hydrogen) atoms. The van der Waals surface area contributed by atoms with Crippen LogP contribution in [0.4, 0.5) is 4.39 Å². The average molecular weight is 439 g/mol. The highest BCUT2D eigenvalue weighted by Crippen LogP contribution is 2.35. The van der Waals surface area contributed by atoms with E-state index in [0.717, 1.165) is 42.9 Å². The van der Waals surface area contributed by atoms with Gasteiger partial charge in [-0.1, -0.05) is 0 Å². The number of rotatable bonds is 6. The highest BCUT2D eigenvalue weighted by Gasteiger charge is 2.49. The van der Waals surface area contributed by atoms with Crippen molar-refractivity contribution in [3.63, 3.8) is 0 Å². The number of H-pyrrole nitrogens is 1. The molecule has 0 spiro atoms. The van der Waals surface area contributed by atoms with Gasteiger partial charge >= 0.3 is 5.69 Å². The Hall–Kier alpha value is -2.10. The van der Waals surface area contributed by atoms with Crippen LogP contribution in [0, 0.1) is 11.3 Å². The number of alkyl halides is 1. The maximum absolute atomic E-state index is 15.5. The molecule has 3 aliphatic rings. The zero-order valence-corrected chi connectivity index (χ0v) is 17.0. The fourth-order valence-electron chi connectivity index (χ4n) is 4.01. The maximum atomic E-state index is 15.5. The van der Waals surface area contributed by atoms with Crippen molar-refractivity contribution in [2.75, 3.05) is 19.8 Å². The van der Waals surface area contributed by atoms with Crippen LogP contribution >= 0.6 is 0 Å². The standard InChI is InChI=1S/C20H26FN3O7/c21-16-17(31-15-6-2-4-8-28-15)13(11-29-14-5-1-3-7-27-14)30-19(16)24-10-12(9-22)18(25)23-20(24)26/h10,13-17,19H,1-8,11H2,(H,23,25,26)/t13-,14?,15?,16-,17-,19-/m1/s1. The van der Waals surface area contributed by atoms with Gasteiger partial charge in [0.1, 0.15) is 23.8 Å². The predicted molar refractivity (Wildman–Crippen MR) is 103 cm³/mol. The number of ether oxygens (including phenoxy) is 5. The first kappa shape index (κ1) is 22.1. The van der Waals surface area contributed by atoms with Gasteiger partial charge in [-0.15, -0.1) is 0 Å². The van der Waals surface area contributed by atoms with Crippen molar-refractivity contribution >= 4 is 0 Å². The summed E-state index contributed by atoms with van der Waals surface area (Å²) in [5.74, 6) is 0. The molecule has 2 unspecified atom stereocenters. The summed E-state index contributed by atoms with van der Waals surface area (Å²) in [6, 6.07) is 1.68. The second-order valence-electron chi connectivity index (χ2n) is 7.86. The molecule has 10 nitrogen and oxygen atoms in total. The first-order valence-electron chi connectivity index (χ1n) is 10.6. The topological polar surface area (TPSA) is 125 Å². The number of nitriles is 1. The van der Waals surface area contributed by atoms with E-state index in [1.807, 2.05) is 4.98 Å². The van der Waals surface area contributed by atoms with Gasteiger partial charge in [-0.2, -0.15) is 5.26 Å². The molecule has 4 rings (SSSR count). The van der Waals surface area contributed by atoms with Crippen LogP contribution < -0.4 is 11.2 Å². The van der Waals surface area contributed by atoms with Crippen molar-refractivity contribution in [1.82, 2.24) is 9.55 Å². The van der Waals surface area contributed by atoms with Gasteiger partial charge in [-0.05, 0) is 38.5 Å². The first-order chi connectivity index (χ1) is 15.1. The SMILES string of the molecule is N#Cc1cn([C@@H]2O[C@H](COC3CCCCO3)[C@@H](OC3CCCCO3)[C@H]2F)c(=O)[nH]c1=O. The Kier molecular flexibility index (Phi) is 7.14. The molecule has 3 saturated heterocycles. The largest absolute Gasteiger partial charge is 0.353 e. The minimum Gasteiger partial charge on any atom is -0.353 e. The molecule has 1 aromatic rings. The van der Waals surface area contributed by atoms with Crippen molar-refractivity contribution in [2.45, 2.75) is 75.7 Å². The lowest BCUT2D eigenvalue weighted by Gasteiger charge is -2.29. The van der Waals surface area contributed by atoms with E-state index in [4.69, 9.17) is 28.9 Å². The van der Waals surface area contributed by atoms with E-state index in [1.165, 1.54) is 0 Å². The van der Waals surface area contributed by atoms with Crippen molar-refractivity contribution in [3.05, 3.63) is 32.6 Å². The number of hydrogen-bond acceptors (Lipinski definition) is 8. The van der Waals surface area contributed by atoms with E-state index in [1.54, 1.807) is 6.07 Å². The van der Waals surface area contributed by atoms with Gasteiger partial charge in [0.2, 0.25) is 0 Å². The Morgan fingerprint density at radius 1 is 1.16 bits per heavy atom. The van der Waals surface area contributed by atoms with Crippen molar-refractivity contribution in [2.24, 2.45) is 0 Å². The van der Waals surface area contributed by atoms with Gasteiger partial charge in [0, 0.05) is 19.4 Å². The first-order valence-corrected chi connectivity index (χ1v) is 10.6. The maximum Gasteiger partial charge on any atom is 0.330 e. The van der Waals surface area contributed by atoms with Crippen LogP contribution in [0.15, 0.2) is 15.8 Å². The van der Waals surface area contributed by atoms with E-state index >= 15 is 4.39 Å². The number of aromatic nitrogens is 2. The molecular formula is C20H26FN3O7. The third kappa shape index (κ3) is 5.05. The zero-order valence-electron chi connectivity index (χ0n) is 17.0. The fraction of sp³-hybridized carbons (Fsp3) is 0.750. The highest BCUT2D eigenvalue weighted by molar-refractivity contribution is 5.22. The molecule has 3 aliphatic heterocycles. The van der Waals surface area contributed by atoms with E-state index in [0.29, 0.717) is 19.6 Å². The molecule has 1 N–H and O–H groups in total. The summed E-state index contributed by atoms with van der Waals surface area (Å²) in [5.41, 5.74) is -2.03. The van der Waals surface area contributed by atoms with E-state index in [2.05, 4.69) is 0 Å². The molecule has 6 atom stereocenters. The summed E-state index contributed by atoms with van der Waals surface area (Å²) in [7, 11) is 0. The quantitative estimate of drug-likeness (QED) is 0.699. The molecule has 4 heterocycles. The normalized spacial score (nSPS) is 33.8. The Bertz CT molecular complexity index is 901. The zero-order chi connectivity index (χ0) is 21.8. The average Bonchev–Trinajstić information content (AvgIpc) is 3.09. The van der Waals surface area contributed by atoms with E-state index < -0.39 is 48.4 Å². The number of aromatic amines is 1. The van der Waals surface area contributed by atoms with Gasteiger partial charge in [0.05, 0.1) is 6.61 Å². The number of nitrogens with zero attached hydrogens (tertiary/aromatic N) is 2. The lowest BCUT2D eigenvalue weighted by Crippen LogP contribution is -2.41. The summed E-state index contributed by atoms with van der Waals surface area (Å²) >= 11 is 0. The van der Waals surface area contributed by atoms with Crippen molar-refractivity contribution in [1.29, 1.82) is 5.26 Å². The monoisotopic (exact) mass is 439 g/mol. The smallest absolute Gasteiger partial charge is 0.330 e. The molecule has 0 amide bonds. The van der Waals surface area contributed by atoms with Gasteiger partial charge in [-0.25, -0.2) is 9.18 Å². The molecule has 0 bridgehead atoms. The minimum absolute atomic E-state index is 0.00217. The van der Waals surface area contributed by atoms with Crippen LogP contribution in [-0.4, -0.2) is 60.3 Å². The number of hydrogen-bond donors (Lipinski definition) is 1. The number of nitrogens with one attached hydrogen (secondary N) is 1. The Balaban J connectivity index is 1.54. The summed E-state index contributed by atoms with van der Waals surface area (Å²) < 4.78 is 45.0. The molecule has 11 heteroatoms. The predicted octanol–water partition coefficient (Wildman–Crippen LogP) is 1.10. The Labute approximate surface area is 177 Å². The van der Waals surface area contributed by atoms with Crippen LogP contribution in [0.3, 0.4) is 0 Å². The summed E-state index contributed by atoms with van der Waals surface area (Å²) in [5, 5.41) is 9.10. The Morgan fingerprint density at radius 2 is 1.87 bits per heavy atom. The third-order valence-electron chi connectivity index (χ3n) is 5.66. The van der Waals surface area contributed by atoms with Gasteiger partial charge in [-0.3, -0.25) is 14.3 Å². The van der Waals surface area contributed by atoms with Gasteiger partial charge < -0.3 is 23.7 Å². The molecule has 1 aromatic heterocycles. The van der Waals surface area contributed by atoms with Crippen LogP contribution in [0.5, 0.6) is 0 Å². The highest BCUT2D eigenvalue weighted by atomic mass is 19.1. The fourth-order valence-corrected chi connectivity index (χ4v) is 4.01. The molecule has 3 fully saturated rings. The van der Waals surface area contributed by atoms with Gasteiger partial charge in [0.15, 0.2) is 25.0 Å². The molecule has 0 radical (unpaired) electrons. The molecule has 0 aromatic carbocycles. The van der Waals surface area contributed by atoms with Crippen molar-refractivity contribution in [3.8, 4) is 6.07 Å². The minimum atomic E-state index is -1.75. The second-order valence-corrected chi connectivity index (χ2v) is 7.86.